The molecule has 7 heteroatoms. The third-order valence-corrected chi connectivity index (χ3v) is 4.35. The fraction of sp³-hybridized carbons (Fsp3) is 0.250. The second-order valence-corrected chi connectivity index (χ2v) is 6.39. The fourth-order valence-electron chi connectivity index (χ4n) is 2.66. The number of aryl methyl sites for hydroxylation is 2. The second-order valence-electron chi connectivity index (χ2n) is 6.39. The number of ether oxygens (including phenoxy) is 1. The van der Waals surface area contributed by atoms with Crippen molar-refractivity contribution >= 4 is 29.1 Å². The Morgan fingerprint density at radius 3 is 2.48 bits per heavy atom. The molecule has 1 aliphatic heterocycles. The molecule has 0 aromatic heterocycles. The summed E-state index contributed by atoms with van der Waals surface area (Å²) in [6, 6.07) is 12.1. The van der Waals surface area contributed by atoms with Crippen LogP contribution in [-0.2, 0) is 9.59 Å². The summed E-state index contributed by atoms with van der Waals surface area (Å²) in [6.45, 7) is 3.99. The van der Waals surface area contributed by atoms with Crippen molar-refractivity contribution < 1.29 is 14.3 Å². The molecule has 0 unspecified atom stereocenters. The molecule has 0 radical (unpaired) electrons. The van der Waals surface area contributed by atoms with Gasteiger partial charge in [-0.1, -0.05) is 6.07 Å². The molecule has 0 spiro atoms. The maximum absolute atomic E-state index is 12.5. The van der Waals surface area contributed by atoms with Crippen LogP contribution in [0.15, 0.2) is 47.5 Å². The van der Waals surface area contributed by atoms with Gasteiger partial charge >= 0.3 is 0 Å². The van der Waals surface area contributed by atoms with E-state index in [2.05, 4.69) is 20.9 Å². The van der Waals surface area contributed by atoms with E-state index >= 15 is 0 Å². The van der Waals surface area contributed by atoms with Crippen molar-refractivity contribution in [3.8, 4) is 5.75 Å². The van der Waals surface area contributed by atoms with Gasteiger partial charge in [-0.25, -0.2) is 4.99 Å². The van der Waals surface area contributed by atoms with Gasteiger partial charge in [0.25, 0.3) is 0 Å². The summed E-state index contributed by atoms with van der Waals surface area (Å²) in [5.74, 6) is 0.390. The van der Waals surface area contributed by atoms with E-state index in [1.165, 1.54) is 0 Å². The number of amides is 2. The van der Waals surface area contributed by atoms with Gasteiger partial charge in [0.1, 0.15) is 11.8 Å². The zero-order valence-corrected chi connectivity index (χ0v) is 15.5. The second kappa shape index (κ2) is 7.90. The van der Waals surface area contributed by atoms with E-state index < -0.39 is 6.04 Å². The van der Waals surface area contributed by atoms with Gasteiger partial charge < -0.3 is 15.4 Å². The van der Waals surface area contributed by atoms with E-state index in [0.29, 0.717) is 5.69 Å². The van der Waals surface area contributed by atoms with Crippen molar-refractivity contribution in [3.63, 3.8) is 0 Å². The number of hydrogen-bond donors (Lipinski definition) is 3. The smallest absolute Gasteiger partial charge is 0.249 e. The molecule has 2 amide bonds. The first-order valence-electron chi connectivity index (χ1n) is 8.61. The molecule has 1 heterocycles. The number of nitrogens with one attached hydrogen (secondary N) is 3. The van der Waals surface area contributed by atoms with Crippen molar-refractivity contribution in [3.05, 3.63) is 53.6 Å². The first-order chi connectivity index (χ1) is 12.9. The average molecular weight is 366 g/mol. The summed E-state index contributed by atoms with van der Waals surface area (Å²) < 4.78 is 5.12. The van der Waals surface area contributed by atoms with Crippen molar-refractivity contribution in [1.82, 2.24) is 5.32 Å². The van der Waals surface area contributed by atoms with Crippen LogP contribution in [0.5, 0.6) is 5.75 Å². The number of carbonyl (C=O) groups is 2. The van der Waals surface area contributed by atoms with Crippen LogP contribution in [0.2, 0.25) is 0 Å². The lowest BCUT2D eigenvalue weighted by Gasteiger charge is -2.21. The molecule has 1 atom stereocenters. The predicted molar refractivity (Wildman–Crippen MR) is 105 cm³/mol. The van der Waals surface area contributed by atoms with Crippen LogP contribution in [0.3, 0.4) is 0 Å². The summed E-state index contributed by atoms with van der Waals surface area (Å²) in [7, 11) is 1.59. The Bertz CT molecular complexity index is 891. The zero-order valence-electron chi connectivity index (χ0n) is 15.5. The number of methoxy groups -OCH3 is 1. The quantitative estimate of drug-likeness (QED) is 0.776. The zero-order chi connectivity index (χ0) is 19.4. The average Bonchev–Trinajstić information content (AvgIpc) is 2.65. The van der Waals surface area contributed by atoms with E-state index in [0.717, 1.165) is 22.6 Å². The molecule has 27 heavy (non-hydrogen) atoms. The highest BCUT2D eigenvalue weighted by Gasteiger charge is 2.27. The molecular formula is C20H22N4O3. The maximum Gasteiger partial charge on any atom is 0.249 e. The molecule has 140 valence electrons. The van der Waals surface area contributed by atoms with Crippen LogP contribution in [0.1, 0.15) is 17.5 Å². The Morgan fingerprint density at radius 1 is 1.11 bits per heavy atom. The van der Waals surface area contributed by atoms with Gasteiger partial charge in [-0.2, -0.15) is 0 Å². The normalized spacial score (nSPS) is 16.2. The van der Waals surface area contributed by atoms with Gasteiger partial charge in [-0.3, -0.25) is 14.9 Å². The Balaban J connectivity index is 1.71. The Kier molecular flexibility index (Phi) is 5.40. The molecule has 0 saturated heterocycles. The molecule has 3 rings (SSSR count). The lowest BCUT2D eigenvalue weighted by Crippen LogP contribution is -2.45. The molecule has 0 fully saturated rings. The summed E-state index contributed by atoms with van der Waals surface area (Å²) in [4.78, 5) is 28.9. The van der Waals surface area contributed by atoms with Crippen LogP contribution >= 0.6 is 0 Å². The van der Waals surface area contributed by atoms with E-state index in [1.54, 1.807) is 31.4 Å². The van der Waals surface area contributed by atoms with E-state index in [-0.39, 0.29) is 24.2 Å². The summed E-state index contributed by atoms with van der Waals surface area (Å²) in [5.41, 5.74) is 3.65. The molecule has 2 aromatic rings. The number of hydrogen-bond acceptors (Lipinski definition) is 5. The molecule has 0 bridgehead atoms. The minimum absolute atomic E-state index is 0.00443. The lowest BCUT2D eigenvalue weighted by atomic mass is 10.1. The van der Waals surface area contributed by atoms with Gasteiger partial charge in [0.2, 0.25) is 17.8 Å². The van der Waals surface area contributed by atoms with Gasteiger partial charge in [-0.15, -0.1) is 0 Å². The van der Waals surface area contributed by atoms with Crippen LogP contribution in [-0.4, -0.2) is 30.9 Å². The number of anilines is 2. The van der Waals surface area contributed by atoms with E-state index in [9.17, 15) is 9.59 Å². The van der Waals surface area contributed by atoms with Crippen molar-refractivity contribution in [1.29, 1.82) is 0 Å². The minimum atomic E-state index is -0.791. The summed E-state index contributed by atoms with van der Waals surface area (Å²) in [6.07, 6.45) is 0.00443. The number of rotatable bonds is 4. The molecule has 7 nitrogen and oxygen atoms in total. The van der Waals surface area contributed by atoms with Crippen LogP contribution in [0.25, 0.3) is 0 Å². The molecular weight excluding hydrogens is 344 g/mol. The highest BCUT2D eigenvalue weighted by atomic mass is 16.5. The number of guanidine groups is 1. The monoisotopic (exact) mass is 366 g/mol. The molecule has 2 aromatic carbocycles. The Hall–Kier alpha value is -3.35. The SMILES string of the molecule is COc1ccc(NC2=N[C@@H](C(=O)Nc3ccc(C)c(C)c3)CC(=O)N2)cc1. The predicted octanol–water partition coefficient (Wildman–Crippen LogP) is 2.61. The lowest BCUT2D eigenvalue weighted by molar-refractivity contribution is -0.124. The van der Waals surface area contributed by atoms with Crippen LogP contribution < -0.4 is 20.7 Å². The van der Waals surface area contributed by atoms with Crippen LogP contribution in [0.4, 0.5) is 11.4 Å². The molecule has 3 N–H and O–H groups in total. The Morgan fingerprint density at radius 2 is 1.81 bits per heavy atom. The maximum atomic E-state index is 12.5. The van der Waals surface area contributed by atoms with Gasteiger partial charge in [-0.05, 0) is 61.4 Å². The summed E-state index contributed by atoms with van der Waals surface area (Å²) in [5, 5.41) is 8.49. The van der Waals surface area contributed by atoms with E-state index in [4.69, 9.17) is 4.74 Å². The standard InChI is InChI=1S/C20H22N4O3/c1-12-4-5-15(10-13(12)2)21-19(26)17-11-18(25)24-20(23-17)22-14-6-8-16(27-3)9-7-14/h4-10,17H,11H2,1-3H3,(H,21,26)(H2,22,23,24,25)/t17-/m1/s1. The van der Waals surface area contributed by atoms with Crippen molar-refractivity contribution in [2.45, 2.75) is 26.3 Å². The Labute approximate surface area is 157 Å². The van der Waals surface area contributed by atoms with Gasteiger partial charge in [0, 0.05) is 11.4 Å². The van der Waals surface area contributed by atoms with E-state index in [1.807, 2.05) is 32.0 Å². The third-order valence-electron chi connectivity index (χ3n) is 4.35. The highest BCUT2D eigenvalue weighted by molar-refractivity contribution is 6.10. The minimum Gasteiger partial charge on any atom is -0.497 e. The fourth-order valence-corrected chi connectivity index (χ4v) is 2.66. The summed E-state index contributed by atoms with van der Waals surface area (Å²) >= 11 is 0. The molecule has 0 saturated carbocycles. The first kappa shape index (κ1) is 18.4. The number of carbonyl (C=O) groups excluding carboxylic acids is 2. The van der Waals surface area contributed by atoms with Crippen molar-refractivity contribution in [2.75, 3.05) is 17.7 Å². The van der Waals surface area contributed by atoms with Gasteiger partial charge in [0.15, 0.2) is 0 Å². The number of aliphatic imine (C=N–C) groups is 1. The largest absolute Gasteiger partial charge is 0.497 e. The molecule has 0 aliphatic carbocycles. The molecule has 1 aliphatic rings. The number of nitrogens with zero attached hydrogens (tertiary/aromatic N) is 1. The van der Waals surface area contributed by atoms with Crippen molar-refractivity contribution in [2.24, 2.45) is 4.99 Å². The topological polar surface area (TPSA) is 91.8 Å². The number of benzene rings is 2. The van der Waals surface area contributed by atoms with Gasteiger partial charge in [0.05, 0.1) is 13.5 Å². The first-order valence-corrected chi connectivity index (χ1v) is 8.61. The van der Waals surface area contributed by atoms with Crippen LogP contribution in [0, 0.1) is 13.8 Å². The highest BCUT2D eigenvalue weighted by Crippen LogP contribution is 2.17. The third kappa shape index (κ3) is 4.63.